The number of hydrogen-bond acceptors (Lipinski definition) is 4. The number of phenolic OH excluding ortho intramolecular Hbond substituents is 1. The summed E-state index contributed by atoms with van der Waals surface area (Å²) in [7, 11) is 0. The molecule has 7 nitrogen and oxygen atoms in total. The molecule has 0 saturated heterocycles. The maximum Gasteiger partial charge on any atom is 0.244 e. The summed E-state index contributed by atoms with van der Waals surface area (Å²) in [6, 6.07) is 7.27. The number of carbonyl (C=O) groups excluding carboxylic acids is 1. The number of ether oxygens (including phenoxy) is 1. The maximum atomic E-state index is 12.2. The number of rotatable bonds is 6. The number of amides is 1. The van der Waals surface area contributed by atoms with E-state index in [4.69, 9.17) is 15.9 Å². The average molecular weight is 437 g/mol. The first-order valence-electron chi connectivity index (χ1n) is 10.8. The highest BCUT2D eigenvalue weighted by Crippen LogP contribution is 2.43. The second-order valence-electron chi connectivity index (χ2n) is 8.62. The Balaban J connectivity index is 1.55. The maximum absolute atomic E-state index is 12.2. The summed E-state index contributed by atoms with van der Waals surface area (Å²) < 4.78 is 6.41. The molecule has 6 N–H and O–H groups in total. The van der Waals surface area contributed by atoms with Crippen molar-refractivity contribution in [1.29, 1.82) is 5.41 Å². The van der Waals surface area contributed by atoms with Gasteiger partial charge in [-0.3, -0.25) is 10.2 Å². The minimum Gasteiger partial charge on any atom is -0.507 e. The lowest BCUT2D eigenvalue weighted by Gasteiger charge is -2.38. The van der Waals surface area contributed by atoms with Gasteiger partial charge >= 0.3 is 0 Å². The smallest absolute Gasteiger partial charge is 0.244 e. The van der Waals surface area contributed by atoms with Gasteiger partial charge in [-0.25, -0.2) is 0 Å². The predicted octanol–water partition coefficient (Wildman–Crippen LogP) is 3.93. The molecule has 0 radical (unpaired) electrons. The van der Waals surface area contributed by atoms with Gasteiger partial charge in [-0.15, -0.1) is 0 Å². The molecule has 1 aliphatic rings. The molecule has 7 heteroatoms. The van der Waals surface area contributed by atoms with Crippen molar-refractivity contribution in [3.63, 3.8) is 0 Å². The number of benzene rings is 2. The lowest BCUT2D eigenvalue weighted by molar-refractivity contribution is -0.116. The first kappa shape index (κ1) is 23.2. The fraction of sp³-hybridized carbons (Fsp3) is 0.360. The number of hydrogen-bond donors (Lipinski definition) is 5. The summed E-state index contributed by atoms with van der Waals surface area (Å²) in [6.45, 7) is 8.41. The molecular weight excluding hydrogens is 404 g/mol. The van der Waals surface area contributed by atoms with Crippen molar-refractivity contribution >= 4 is 23.6 Å². The van der Waals surface area contributed by atoms with E-state index in [9.17, 15) is 9.90 Å². The molecule has 0 spiro atoms. The van der Waals surface area contributed by atoms with Gasteiger partial charge in [-0.05, 0) is 81.0 Å². The average Bonchev–Trinajstić information content (AvgIpc) is 2.75. The minimum absolute atomic E-state index is 0.120. The van der Waals surface area contributed by atoms with Crippen molar-refractivity contribution in [2.45, 2.75) is 52.6 Å². The number of fused-ring (bicyclic) bond motifs is 1. The second kappa shape index (κ2) is 9.34. The third-order valence-corrected chi connectivity index (χ3v) is 6.16. The molecule has 170 valence electrons. The molecular formula is C25H32N4O3. The Labute approximate surface area is 189 Å². The van der Waals surface area contributed by atoms with Crippen molar-refractivity contribution in [2.24, 2.45) is 5.73 Å². The zero-order valence-corrected chi connectivity index (χ0v) is 19.1. The first-order valence-corrected chi connectivity index (χ1v) is 10.8. The van der Waals surface area contributed by atoms with Crippen LogP contribution in [0.4, 0.5) is 5.69 Å². The van der Waals surface area contributed by atoms with E-state index in [-0.39, 0.29) is 17.5 Å². The molecule has 0 fully saturated rings. The monoisotopic (exact) mass is 436 g/mol. The van der Waals surface area contributed by atoms with Crippen LogP contribution in [0.3, 0.4) is 0 Å². The van der Waals surface area contributed by atoms with Crippen LogP contribution in [0.1, 0.15) is 47.6 Å². The normalized spacial score (nSPS) is 17.5. The molecule has 0 saturated carbocycles. The van der Waals surface area contributed by atoms with Crippen LogP contribution >= 0.6 is 0 Å². The Morgan fingerprint density at radius 1 is 1.22 bits per heavy atom. The van der Waals surface area contributed by atoms with Gasteiger partial charge in [0.1, 0.15) is 17.1 Å². The lowest BCUT2D eigenvalue weighted by Crippen LogP contribution is -2.40. The molecule has 2 aromatic rings. The molecule has 1 heterocycles. The summed E-state index contributed by atoms with van der Waals surface area (Å²) in [5.41, 5.74) is 10.3. The zero-order valence-electron chi connectivity index (χ0n) is 19.1. The Bertz CT molecular complexity index is 1060. The van der Waals surface area contributed by atoms with Gasteiger partial charge in [0.05, 0.1) is 0 Å². The van der Waals surface area contributed by atoms with Gasteiger partial charge in [-0.1, -0.05) is 12.1 Å². The van der Waals surface area contributed by atoms with Crippen LogP contribution < -0.4 is 21.1 Å². The standard InChI is InChI=1S/C25H32N4O3/c1-15-16(2)23-20(17(3)22(15)31)11-12-25(4,32-23)13-14-28-21(30)10-7-18-5-8-19(9-6-18)29-24(26)27/h5-10,31H,11-14H2,1-4H3,(H,28,30)(H4,26,27,29)/b10-7+. The fourth-order valence-corrected chi connectivity index (χ4v) is 3.98. The number of carbonyl (C=O) groups is 1. The molecule has 0 aromatic heterocycles. The highest BCUT2D eigenvalue weighted by molar-refractivity contribution is 5.92. The van der Waals surface area contributed by atoms with Crippen molar-refractivity contribution in [2.75, 3.05) is 11.9 Å². The van der Waals surface area contributed by atoms with Crippen LogP contribution in [0.15, 0.2) is 30.3 Å². The van der Waals surface area contributed by atoms with Crippen LogP contribution in [0.25, 0.3) is 6.08 Å². The van der Waals surface area contributed by atoms with E-state index in [0.29, 0.717) is 18.7 Å². The van der Waals surface area contributed by atoms with Crippen LogP contribution in [-0.4, -0.2) is 29.1 Å². The van der Waals surface area contributed by atoms with Crippen molar-refractivity contribution in [3.8, 4) is 11.5 Å². The number of anilines is 1. The van der Waals surface area contributed by atoms with E-state index in [0.717, 1.165) is 52.1 Å². The molecule has 3 rings (SSSR count). The molecule has 32 heavy (non-hydrogen) atoms. The quantitative estimate of drug-likeness (QED) is 0.267. The Morgan fingerprint density at radius 2 is 1.91 bits per heavy atom. The highest BCUT2D eigenvalue weighted by Gasteiger charge is 2.34. The number of nitrogens with two attached hydrogens (primary N) is 1. The summed E-state index contributed by atoms with van der Waals surface area (Å²) in [5, 5.41) is 23.2. The van der Waals surface area contributed by atoms with Gasteiger partial charge < -0.3 is 26.2 Å². The number of nitrogens with one attached hydrogen (secondary N) is 3. The van der Waals surface area contributed by atoms with Crippen molar-refractivity contribution in [1.82, 2.24) is 5.32 Å². The summed E-state index contributed by atoms with van der Waals surface area (Å²) in [5.74, 6) is 0.951. The van der Waals surface area contributed by atoms with Gasteiger partial charge in [0.15, 0.2) is 5.96 Å². The Morgan fingerprint density at radius 3 is 2.56 bits per heavy atom. The van der Waals surface area contributed by atoms with Crippen LogP contribution in [0, 0.1) is 26.2 Å². The second-order valence-corrected chi connectivity index (χ2v) is 8.62. The predicted molar refractivity (Wildman–Crippen MR) is 128 cm³/mol. The Kier molecular flexibility index (Phi) is 6.77. The van der Waals surface area contributed by atoms with E-state index in [1.165, 1.54) is 6.08 Å². The first-order chi connectivity index (χ1) is 15.1. The van der Waals surface area contributed by atoms with Gasteiger partial charge in [-0.2, -0.15) is 0 Å². The summed E-state index contributed by atoms with van der Waals surface area (Å²) in [6.07, 6.45) is 5.61. The number of guanidine groups is 1. The number of phenols is 1. The SMILES string of the molecule is Cc1c(C)c2c(c(C)c1O)CCC(C)(CCNC(=O)/C=C/c1ccc(NC(=N)N)cc1)O2. The van der Waals surface area contributed by atoms with Gasteiger partial charge in [0.25, 0.3) is 0 Å². The number of aromatic hydroxyl groups is 1. The molecule has 1 aliphatic heterocycles. The van der Waals surface area contributed by atoms with E-state index in [1.807, 2.05) is 32.9 Å². The molecule has 1 unspecified atom stereocenters. The van der Waals surface area contributed by atoms with Crippen molar-refractivity contribution < 1.29 is 14.6 Å². The molecule has 1 amide bonds. The summed E-state index contributed by atoms with van der Waals surface area (Å²) in [4.78, 5) is 12.2. The third-order valence-electron chi connectivity index (χ3n) is 6.16. The molecule has 1 atom stereocenters. The van der Waals surface area contributed by atoms with Crippen LogP contribution in [0.2, 0.25) is 0 Å². The van der Waals surface area contributed by atoms with Crippen molar-refractivity contribution in [3.05, 3.63) is 58.2 Å². The zero-order chi connectivity index (χ0) is 23.5. The molecule has 2 aromatic carbocycles. The van der Waals surface area contributed by atoms with E-state index in [2.05, 4.69) is 17.6 Å². The highest BCUT2D eigenvalue weighted by atomic mass is 16.5. The van der Waals surface area contributed by atoms with E-state index in [1.54, 1.807) is 18.2 Å². The molecule has 0 aliphatic carbocycles. The van der Waals surface area contributed by atoms with E-state index >= 15 is 0 Å². The molecule has 0 bridgehead atoms. The van der Waals surface area contributed by atoms with Gasteiger partial charge in [0.2, 0.25) is 5.91 Å². The summed E-state index contributed by atoms with van der Waals surface area (Å²) >= 11 is 0. The van der Waals surface area contributed by atoms with E-state index < -0.39 is 0 Å². The van der Waals surface area contributed by atoms with Crippen LogP contribution in [-0.2, 0) is 11.2 Å². The van der Waals surface area contributed by atoms with Gasteiger partial charge in [0, 0.05) is 30.3 Å². The fourth-order valence-electron chi connectivity index (χ4n) is 3.98. The lowest BCUT2D eigenvalue weighted by atomic mass is 9.85. The third kappa shape index (κ3) is 5.22. The van der Waals surface area contributed by atoms with Crippen LogP contribution in [0.5, 0.6) is 11.5 Å². The minimum atomic E-state index is -0.371. The topological polar surface area (TPSA) is 120 Å². The largest absolute Gasteiger partial charge is 0.507 e. The Hall–Kier alpha value is -3.48.